The summed E-state index contributed by atoms with van der Waals surface area (Å²) in [5, 5.41) is 2.96. The molecule has 4 heterocycles. The first-order valence-corrected chi connectivity index (χ1v) is 11.3. The van der Waals surface area contributed by atoms with Gasteiger partial charge in [-0.25, -0.2) is 0 Å². The average molecular weight is 442 g/mol. The highest BCUT2D eigenvalue weighted by atomic mass is 16.2. The molecule has 2 aromatic heterocycles. The number of likely N-dealkylation sites (tertiary alicyclic amines) is 1. The van der Waals surface area contributed by atoms with E-state index < -0.39 is 5.41 Å². The fraction of sp³-hybridized carbons (Fsp3) is 0.308. The lowest BCUT2D eigenvalue weighted by molar-refractivity contribution is -0.124. The molecule has 2 aliphatic heterocycles. The number of rotatable bonds is 5. The Morgan fingerprint density at radius 3 is 2.39 bits per heavy atom. The second kappa shape index (κ2) is 8.75. The van der Waals surface area contributed by atoms with Crippen molar-refractivity contribution in [3.63, 3.8) is 0 Å². The van der Waals surface area contributed by atoms with E-state index >= 15 is 0 Å². The van der Waals surface area contributed by atoms with Crippen LogP contribution < -0.4 is 10.2 Å². The SMILES string of the molecule is CN1C(=O)C2(CCN(Cc3cccnc3)CC2)c2cc(C(=O)NCc3cccnc3)ccc21. The minimum absolute atomic E-state index is 0.131. The molecule has 0 atom stereocenters. The van der Waals surface area contributed by atoms with E-state index in [0.717, 1.165) is 49.3 Å². The van der Waals surface area contributed by atoms with Gasteiger partial charge in [-0.1, -0.05) is 12.1 Å². The maximum Gasteiger partial charge on any atom is 0.251 e. The van der Waals surface area contributed by atoms with Crippen LogP contribution in [0.5, 0.6) is 0 Å². The van der Waals surface area contributed by atoms with Gasteiger partial charge in [-0.3, -0.25) is 24.5 Å². The molecule has 1 aromatic carbocycles. The summed E-state index contributed by atoms with van der Waals surface area (Å²) in [4.78, 5) is 38.7. The van der Waals surface area contributed by atoms with Gasteiger partial charge in [0.15, 0.2) is 0 Å². The van der Waals surface area contributed by atoms with Crippen LogP contribution in [0.15, 0.2) is 67.3 Å². The van der Waals surface area contributed by atoms with Gasteiger partial charge in [-0.15, -0.1) is 0 Å². The topological polar surface area (TPSA) is 78.4 Å². The molecule has 1 N–H and O–H groups in total. The summed E-state index contributed by atoms with van der Waals surface area (Å²) in [6.45, 7) is 2.89. The molecule has 0 aliphatic carbocycles. The van der Waals surface area contributed by atoms with Crippen molar-refractivity contribution in [1.29, 1.82) is 0 Å². The molecule has 1 fully saturated rings. The highest BCUT2D eigenvalue weighted by Gasteiger charge is 2.51. The van der Waals surface area contributed by atoms with E-state index in [2.05, 4.69) is 26.3 Å². The second-order valence-corrected chi connectivity index (χ2v) is 8.86. The molecule has 2 amide bonds. The Hall–Kier alpha value is -3.58. The van der Waals surface area contributed by atoms with Crippen molar-refractivity contribution in [2.45, 2.75) is 31.3 Å². The molecule has 33 heavy (non-hydrogen) atoms. The van der Waals surface area contributed by atoms with E-state index in [4.69, 9.17) is 0 Å². The van der Waals surface area contributed by atoms with Crippen molar-refractivity contribution in [3.05, 3.63) is 89.5 Å². The number of fused-ring (bicyclic) bond motifs is 2. The highest BCUT2D eigenvalue weighted by molar-refractivity contribution is 6.09. The lowest BCUT2D eigenvalue weighted by atomic mass is 9.73. The molecule has 1 spiro atoms. The third kappa shape index (κ3) is 4.00. The summed E-state index contributed by atoms with van der Waals surface area (Å²) >= 11 is 0. The maximum atomic E-state index is 13.4. The van der Waals surface area contributed by atoms with Crippen molar-refractivity contribution >= 4 is 17.5 Å². The molecule has 0 radical (unpaired) electrons. The van der Waals surface area contributed by atoms with Gasteiger partial charge in [-0.2, -0.15) is 0 Å². The predicted octanol–water partition coefficient (Wildman–Crippen LogP) is 2.92. The molecule has 0 bridgehead atoms. The number of pyridine rings is 2. The van der Waals surface area contributed by atoms with Crippen LogP contribution in [-0.4, -0.2) is 46.8 Å². The van der Waals surface area contributed by atoms with Crippen LogP contribution in [0.1, 0.15) is 39.9 Å². The molecular weight excluding hydrogens is 414 g/mol. The van der Waals surface area contributed by atoms with Gasteiger partial charge >= 0.3 is 0 Å². The first kappa shape index (κ1) is 21.3. The molecule has 5 rings (SSSR count). The van der Waals surface area contributed by atoms with E-state index in [1.165, 1.54) is 5.56 Å². The van der Waals surface area contributed by atoms with Crippen LogP contribution in [0.4, 0.5) is 5.69 Å². The van der Waals surface area contributed by atoms with Gasteiger partial charge in [0.25, 0.3) is 5.91 Å². The summed E-state index contributed by atoms with van der Waals surface area (Å²) < 4.78 is 0. The van der Waals surface area contributed by atoms with E-state index in [-0.39, 0.29) is 11.8 Å². The van der Waals surface area contributed by atoms with Gasteiger partial charge < -0.3 is 10.2 Å². The third-order valence-corrected chi connectivity index (χ3v) is 6.86. The third-order valence-electron chi connectivity index (χ3n) is 6.86. The van der Waals surface area contributed by atoms with Gasteiger partial charge in [0.05, 0.1) is 5.41 Å². The van der Waals surface area contributed by atoms with Crippen molar-refractivity contribution in [2.24, 2.45) is 0 Å². The van der Waals surface area contributed by atoms with Gasteiger partial charge in [0, 0.05) is 56.2 Å². The van der Waals surface area contributed by atoms with E-state index in [1.807, 2.05) is 43.6 Å². The van der Waals surface area contributed by atoms with E-state index in [0.29, 0.717) is 12.1 Å². The number of hydrogen-bond acceptors (Lipinski definition) is 5. The monoisotopic (exact) mass is 441 g/mol. The summed E-state index contributed by atoms with van der Waals surface area (Å²) in [5.41, 5.74) is 4.03. The molecule has 7 heteroatoms. The van der Waals surface area contributed by atoms with E-state index in [9.17, 15) is 9.59 Å². The Balaban J connectivity index is 1.33. The Morgan fingerprint density at radius 2 is 1.73 bits per heavy atom. The standard InChI is InChI=1S/C26H27N5O2/c1-30-23-7-6-21(24(32)29-17-19-4-2-10-27-15-19)14-22(23)26(25(30)33)8-12-31(13-9-26)18-20-5-3-11-28-16-20/h2-7,10-11,14-16H,8-9,12-13,17-18H2,1H3,(H,29,32). The molecular formula is C26H27N5O2. The molecule has 3 aromatic rings. The summed E-state index contributed by atoms with van der Waals surface area (Å²) in [6.07, 6.45) is 8.60. The lowest BCUT2D eigenvalue weighted by Gasteiger charge is -2.38. The normalized spacial score (nSPS) is 17.2. The van der Waals surface area contributed by atoms with E-state index in [1.54, 1.807) is 29.6 Å². The summed E-state index contributed by atoms with van der Waals surface area (Å²) in [5.74, 6) is -0.0146. The molecule has 2 aliphatic rings. The zero-order valence-corrected chi connectivity index (χ0v) is 18.7. The van der Waals surface area contributed by atoms with Gasteiger partial charge in [-0.05, 0) is 73.0 Å². The van der Waals surface area contributed by atoms with Crippen molar-refractivity contribution in [2.75, 3.05) is 25.0 Å². The Bertz CT molecular complexity index is 1160. The predicted molar refractivity (Wildman–Crippen MR) is 126 cm³/mol. The largest absolute Gasteiger partial charge is 0.348 e. The van der Waals surface area contributed by atoms with Crippen molar-refractivity contribution in [3.8, 4) is 0 Å². The maximum absolute atomic E-state index is 13.4. The number of carbonyl (C=O) groups is 2. The number of nitrogens with zero attached hydrogens (tertiary/aromatic N) is 4. The van der Waals surface area contributed by atoms with Crippen LogP contribution in [0.3, 0.4) is 0 Å². The number of hydrogen-bond donors (Lipinski definition) is 1. The molecule has 168 valence electrons. The number of benzene rings is 1. The van der Waals surface area contributed by atoms with Crippen LogP contribution in [0, 0.1) is 0 Å². The zero-order chi connectivity index (χ0) is 22.8. The number of piperidine rings is 1. The molecule has 7 nitrogen and oxygen atoms in total. The number of carbonyl (C=O) groups excluding carboxylic acids is 2. The Kier molecular flexibility index (Phi) is 5.64. The lowest BCUT2D eigenvalue weighted by Crippen LogP contribution is -2.47. The quantitative estimate of drug-likeness (QED) is 0.659. The smallest absolute Gasteiger partial charge is 0.251 e. The number of nitrogens with one attached hydrogen (secondary N) is 1. The fourth-order valence-corrected chi connectivity index (χ4v) is 5.01. The number of likely N-dealkylation sites (N-methyl/N-ethyl adjacent to an activating group) is 1. The van der Waals surface area contributed by atoms with Crippen molar-refractivity contribution < 1.29 is 9.59 Å². The Morgan fingerprint density at radius 1 is 1.03 bits per heavy atom. The van der Waals surface area contributed by atoms with Gasteiger partial charge in [0.2, 0.25) is 5.91 Å². The molecule has 0 unspecified atom stereocenters. The van der Waals surface area contributed by atoms with Crippen LogP contribution in [0.2, 0.25) is 0 Å². The molecule has 1 saturated heterocycles. The van der Waals surface area contributed by atoms with Crippen LogP contribution in [0.25, 0.3) is 0 Å². The molecule has 0 saturated carbocycles. The Labute approximate surface area is 193 Å². The minimum atomic E-state index is -0.560. The van der Waals surface area contributed by atoms with Crippen molar-refractivity contribution in [1.82, 2.24) is 20.2 Å². The second-order valence-electron chi connectivity index (χ2n) is 8.86. The first-order valence-electron chi connectivity index (χ1n) is 11.3. The fourth-order valence-electron chi connectivity index (χ4n) is 5.01. The minimum Gasteiger partial charge on any atom is -0.348 e. The summed E-state index contributed by atoms with van der Waals surface area (Å²) in [7, 11) is 1.83. The number of aromatic nitrogens is 2. The average Bonchev–Trinajstić information content (AvgIpc) is 3.06. The van der Waals surface area contributed by atoms with Gasteiger partial charge in [0.1, 0.15) is 0 Å². The number of amides is 2. The highest BCUT2D eigenvalue weighted by Crippen LogP contribution is 2.47. The zero-order valence-electron chi connectivity index (χ0n) is 18.7. The summed E-state index contributed by atoms with van der Waals surface area (Å²) in [6, 6.07) is 13.4. The first-order chi connectivity index (χ1) is 16.1. The van der Waals surface area contributed by atoms with Crippen LogP contribution >= 0.6 is 0 Å². The number of anilines is 1. The van der Waals surface area contributed by atoms with Crippen LogP contribution in [-0.2, 0) is 23.3 Å².